The highest BCUT2D eigenvalue weighted by molar-refractivity contribution is 9.10. The molecule has 2 rings (SSSR count). The number of hydrogen-bond acceptors (Lipinski definition) is 1. The van der Waals surface area contributed by atoms with Gasteiger partial charge >= 0.3 is 0 Å². The summed E-state index contributed by atoms with van der Waals surface area (Å²) in [5.74, 6) is 0.923. The lowest BCUT2D eigenvalue weighted by molar-refractivity contribution is 0.303. The Kier molecular flexibility index (Phi) is 4.84. The Morgan fingerprint density at radius 1 is 1.11 bits per heavy atom. The Labute approximate surface area is 124 Å². The van der Waals surface area contributed by atoms with Gasteiger partial charge in [-0.25, -0.2) is 0 Å². The largest absolute Gasteiger partial charge is 0.489 e. The van der Waals surface area contributed by atoms with Crippen LogP contribution in [0.1, 0.15) is 22.9 Å². The van der Waals surface area contributed by atoms with E-state index in [4.69, 9.17) is 4.74 Å². The zero-order valence-electron chi connectivity index (χ0n) is 10.1. The lowest BCUT2D eigenvalue weighted by Gasteiger charge is -2.13. The Bertz CT molecular complexity index is 509. The van der Waals surface area contributed by atoms with Gasteiger partial charge in [-0.2, -0.15) is 0 Å². The number of ether oxygens (including phenoxy) is 1. The summed E-state index contributed by atoms with van der Waals surface area (Å²) in [6, 6.07) is 16.3. The minimum Gasteiger partial charge on any atom is -0.489 e. The molecule has 2 aromatic rings. The van der Waals surface area contributed by atoms with E-state index in [0.29, 0.717) is 6.61 Å². The second-order valence-corrected chi connectivity index (χ2v) is 6.36. The number of benzene rings is 2. The summed E-state index contributed by atoms with van der Waals surface area (Å²) in [4.78, 5) is 0.265. The molecule has 0 heterocycles. The van der Waals surface area contributed by atoms with Crippen LogP contribution in [-0.2, 0) is 6.61 Å². The van der Waals surface area contributed by atoms with Gasteiger partial charge in [0.15, 0.2) is 0 Å². The molecular formula is C15H14Br2O. The van der Waals surface area contributed by atoms with Crippen molar-refractivity contribution in [2.75, 3.05) is 0 Å². The average Bonchev–Trinajstić information content (AvgIpc) is 2.38. The van der Waals surface area contributed by atoms with Crippen molar-refractivity contribution in [1.29, 1.82) is 0 Å². The molecule has 0 spiro atoms. The molecule has 0 aliphatic heterocycles. The van der Waals surface area contributed by atoms with Crippen LogP contribution in [0.2, 0.25) is 0 Å². The molecule has 94 valence electrons. The van der Waals surface area contributed by atoms with Gasteiger partial charge in [0.25, 0.3) is 0 Å². The third kappa shape index (κ3) is 3.59. The fourth-order valence-electron chi connectivity index (χ4n) is 1.70. The molecule has 1 nitrogen and oxygen atoms in total. The van der Waals surface area contributed by atoms with Crippen LogP contribution in [0.4, 0.5) is 0 Å². The van der Waals surface area contributed by atoms with Crippen LogP contribution < -0.4 is 4.74 Å². The van der Waals surface area contributed by atoms with Crippen molar-refractivity contribution in [3.63, 3.8) is 0 Å². The second-order valence-electron chi connectivity index (χ2n) is 4.07. The summed E-state index contributed by atoms with van der Waals surface area (Å²) < 4.78 is 6.95. The van der Waals surface area contributed by atoms with Crippen LogP contribution in [0.3, 0.4) is 0 Å². The van der Waals surface area contributed by atoms with Gasteiger partial charge < -0.3 is 4.74 Å². The van der Waals surface area contributed by atoms with E-state index in [2.05, 4.69) is 57.0 Å². The summed E-state index contributed by atoms with van der Waals surface area (Å²) in [6.07, 6.45) is 0. The first-order valence-corrected chi connectivity index (χ1v) is 7.48. The summed E-state index contributed by atoms with van der Waals surface area (Å²) in [5, 5.41) is 0. The normalized spacial score (nSPS) is 12.2. The topological polar surface area (TPSA) is 9.23 Å². The van der Waals surface area contributed by atoms with Crippen LogP contribution in [-0.4, -0.2) is 0 Å². The molecular weight excluding hydrogens is 356 g/mol. The van der Waals surface area contributed by atoms with Crippen molar-refractivity contribution in [3.05, 3.63) is 64.1 Å². The highest BCUT2D eigenvalue weighted by Gasteiger charge is 2.09. The van der Waals surface area contributed by atoms with Crippen molar-refractivity contribution in [2.45, 2.75) is 18.4 Å². The minimum absolute atomic E-state index is 0.265. The maximum absolute atomic E-state index is 5.89. The van der Waals surface area contributed by atoms with Gasteiger partial charge in [0, 0.05) is 14.9 Å². The Balaban J connectivity index is 2.14. The van der Waals surface area contributed by atoms with E-state index >= 15 is 0 Å². The van der Waals surface area contributed by atoms with Crippen molar-refractivity contribution in [3.8, 4) is 5.75 Å². The predicted molar refractivity (Wildman–Crippen MR) is 82.3 cm³/mol. The molecule has 0 aliphatic rings. The Morgan fingerprint density at radius 3 is 2.50 bits per heavy atom. The molecule has 0 saturated carbocycles. The molecule has 0 fully saturated rings. The third-order valence-electron chi connectivity index (χ3n) is 2.64. The number of hydrogen-bond donors (Lipinski definition) is 0. The monoisotopic (exact) mass is 368 g/mol. The van der Waals surface area contributed by atoms with Gasteiger partial charge in [-0.3, -0.25) is 0 Å². The molecule has 0 aliphatic carbocycles. The number of halogens is 2. The molecule has 0 N–H and O–H groups in total. The van der Waals surface area contributed by atoms with E-state index in [-0.39, 0.29) is 4.83 Å². The van der Waals surface area contributed by atoms with Crippen LogP contribution >= 0.6 is 31.9 Å². The molecule has 0 amide bonds. The Hall–Kier alpha value is -0.800. The van der Waals surface area contributed by atoms with Gasteiger partial charge in [-0.15, -0.1) is 0 Å². The van der Waals surface area contributed by atoms with Crippen molar-refractivity contribution in [2.24, 2.45) is 0 Å². The van der Waals surface area contributed by atoms with E-state index in [1.165, 1.54) is 5.56 Å². The summed E-state index contributed by atoms with van der Waals surface area (Å²) >= 11 is 7.08. The molecule has 1 atom stereocenters. The van der Waals surface area contributed by atoms with Gasteiger partial charge in [-0.1, -0.05) is 62.2 Å². The predicted octanol–water partition coefficient (Wildman–Crippen LogP) is 5.48. The molecule has 1 unspecified atom stereocenters. The summed E-state index contributed by atoms with van der Waals surface area (Å²) in [5.41, 5.74) is 2.33. The van der Waals surface area contributed by atoms with Crippen LogP contribution in [0.25, 0.3) is 0 Å². The maximum Gasteiger partial charge on any atom is 0.124 e. The smallest absolute Gasteiger partial charge is 0.124 e. The summed E-state index contributed by atoms with van der Waals surface area (Å²) in [7, 11) is 0. The van der Waals surface area contributed by atoms with E-state index in [0.717, 1.165) is 15.8 Å². The lowest BCUT2D eigenvalue weighted by Crippen LogP contribution is -1.98. The SMILES string of the molecule is CC(Br)c1cc(Br)ccc1OCc1ccccc1. The fraction of sp³-hybridized carbons (Fsp3) is 0.200. The standard InChI is InChI=1S/C15H14Br2O/c1-11(16)14-9-13(17)7-8-15(14)18-10-12-5-3-2-4-6-12/h2-9,11H,10H2,1H3. The van der Waals surface area contributed by atoms with Gasteiger partial charge in [-0.05, 0) is 30.7 Å². The molecule has 3 heteroatoms. The van der Waals surface area contributed by atoms with Gasteiger partial charge in [0.2, 0.25) is 0 Å². The van der Waals surface area contributed by atoms with Crippen molar-refractivity contribution in [1.82, 2.24) is 0 Å². The quantitative estimate of drug-likeness (QED) is 0.648. The van der Waals surface area contributed by atoms with Gasteiger partial charge in [0.05, 0.1) is 0 Å². The van der Waals surface area contributed by atoms with Crippen molar-refractivity contribution >= 4 is 31.9 Å². The number of rotatable bonds is 4. The molecule has 18 heavy (non-hydrogen) atoms. The minimum atomic E-state index is 0.265. The van der Waals surface area contributed by atoms with Crippen LogP contribution in [0, 0.1) is 0 Å². The first-order valence-electron chi connectivity index (χ1n) is 5.77. The van der Waals surface area contributed by atoms with E-state index < -0.39 is 0 Å². The van der Waals surface area contributed by atoms with E-state index in [9.17, 15) is 0 Å². The highest BCUT2D eigenvalue weighted by Crippen LogP contribution is 2.33. The first-order chi connectivity index (χ1) is 8.66. The van der Waals surface area contributed by atoms with E-state index in [1.807, 2.05) is 30.3 Å². The van der Waals surface area contributed by atoms with Crippen LogP contribution in [0.15, 0.2) is 53.0 Å². The zero-order valence-corrected chi connectivity index (χ0v) is 13.2. The first kappa shape index (κ1) is 13.6. The average molecular weight is 370 g/mol. The summed E-state index contributed by atoms with van der Waals surface area (Å²) in [6.45, 7) is 2.69. The second kappa shape index (κ2) is 6.39. The Morgan fingerprint density at radius 2 is 1.83 bits per heavy atom. The lowest BCUT2D eigenvalue weighted by atomic mass is 10.1. The molecule has 0 aromatic heterocycles. The maximum atomic E-state index is 5.89. The third-order valence-corrected chi connectivity index (χ3v) is 3.62. The molecule has 0 radical (unpaired) electrons. The number of alkyl halides is 1. The zero-order chi connectivity index (χ0) is 13.0. The molecule has 2 aromatic carbocycles. The van der Waals surface area contributed by atoms with Gasteiger partial charge in [0.1, 0.15) is 12.4 Å². The van der Waals surface area contributed by atoms with Crippen LogP contribution in [0.5, 0.6) is 5.75 Å². The van der Waals surface area contributed by atoms with E-state index in [1.54, 1.807) is 0 Å². The highest BCUT2D eigenvalue weighted by atomic mass is 79.9. The molecule has 0 bridgehead atoms. The van der Waals surface area contributed by atoms with Crippen molar-refractivity contribution < 1.29 is 4.74 Å². The molecule has 0 saturated heterocycles. The fourth-order valence-corrected chi connectivity index (χ4v) is 2.43.